The van der Waals surface area contributed by atoms with E-state index >= 15 is 0 Å². The van der Waals surface area contributed by atoms with E-state index in [1.165, 1.54) is 4.90 Å². The SMILES string of the molecule is CC1CCCN(C(=O)Nc2ccc3c(c2)CN(C2CCC(=O)NC2=O)C3=O)C1. The topological polar surface area (TPSA) is 98.8 Å². The van der Waals surface area contributed by atoms with Crippen LogP contribution >= 0.6 is 0 Å². The van der Waals surface area contributed by atoms with Gasteiger partial charge in [-0.15, -0.1) is 0 Å². The zero-order chi connectivity index (χ0) is 19.8. The fraction of sp³-hybridized carbons (Fsp3) is 0.500. The van der Waals surface area contributed by atoms with Crippen molar-refractivity contribution in [2.24, 2.45) is 5.92 Å². The molecule has 8 nitrogen and oxygen atoms in total. The molecule has 8 heteroatoms. The van der Waals surface area contributed by atoms with Crippen molar-refractivity contribution in [1.82, 2.24) is 15.1 Å². The van der Waals surface area contributed by atoms with Crippen molar-refractivity contribution in [2.45, 2.75) is 45.2 Å². The van der Waals surface area contributed by atoms with E-state index in [0.29, 0.717) is 30.1 Å². The summed E-state index contributed by atoms with van der Waals surface area (Å²) in [5, 5.41) is 5.22. The van der Waals surface area contributed by atoms with Crippen LogP contribution in [0.3, 0.4) is 0 Å². The van der Waals surface area contributed by atoms with Gasteiger partial charge in [-0.3, -0.25) is 19.7 Å². The highest BCUT2D eigenvalue weighted by atomic mass is 16.2. The molecule has 0 aliphatic carbocycles. The molecule has 0 aromatic heterocycles. The Labute approximate surface area is 163 Å². The number of rotatable bonds is 2. The molecule has 0 radical (unpaired) electrons. The minimum absolute atomic E-state index is 0.127. The quantitative estimate of drug-likeness (QED) is 0.759. The number of fused-ring (bicyclic) bond motifs is 1. The number of carbonyl (C=O) groups is 4. The largest absolute Gasteiger partial charge is 0.324 e. The van der Waals surface area contributed by atoms with E-state index in [-0.39, 0.29) is 24.3 Å². The standard InChI is InChI=1S/C20H24N4O4/c1-12-3-2-8-23(10-12)20(28)21-14-4-5-15-13(9-14)11-24(19(15)27)16-6-7-17(25)22-18(16)26/h4-5,9,12,16H,2-3,6-8,10-11H2,1H3,(H,21,28)(H,22,25,26). The highest BCUT2D eigenvalue weighted by Gasteiger charge is 2.39. The van der Waals surface area contributed by atoms with Gasteiger partial charge in [0, 0.05) is 37.3 Å². The molecule has 1 aromatic carbocycles. The van der Waals surface area contributed by atoms with Gasteiger partial charge in [0.25, 0.3) is 5.91 Å². The van der Waals surface area contributed by atoms with E-state index in [0.717, 1.165) is 31.5 Å². The third kappa shape index (κ3) is 3.46. The molecular weight excluding hydrogens is 360 g/mol. The van der Waals surface area contributed by atoms with Gasteiger partial charge in [0.1, 0.15) is 6.04 Å². The van der Waals surface area contributed by atoms with Gasteiger partial charge in [-0.25, -0.2) is 4.79 Å². The Bertz CT molecular complexity index is 853. The predicted octanol–water partition coefficient (Wildman–Crippen LogP) is 1.71. The summed E-state index contributed by atoms with van der Waals surface area (Å²) in [5.41, 5.74) is 1.95. The van der Waals surface area contributed by atoms with Crippen LogP contribution in [0.1, 0.15) is 48.5 Å². The molecule has 2 fully saturated rings. The molecule has 3 heterocycles. The number of carbonyl (C=O) groups excluding carboxylic acids is 4. The van der Waals surface area contributed by atoms with E-state index in [4.69, 9.17) is 0 Å². The monoisotopic (exact) mass is 384 g/mol. The van der Waals surface area contributed by atoms with Crippen LogP contribution in [0.25, 0.3) is 0 Å². The predicted molar refractivity (Wildman–Crippen MR) is 101 cm³/mol. The van der Waals surface area contributed by atoms with Gasteiger partial charge in [0.15, 0.2) is 0 Å². The van der Waals surface area contributed by atoms with Gasteiger partial charge < -0.3 is 15.1 Å². The lowest BCUT2D eigenvalue weighted by Crippen LogP contribution is -2.52. The normalized spacial score (nSPS) is 24.8. The molecule has 148 valence electrons. The minimum atomic E-state index is -0.634. The zero-order valence-corrected chi connectivity index (χ0v) is 15.9. The van der Waals surface area contributed by atoms with Gasteiger partial charge in [0.05, 0.1) is 0 Å². The van der Waals surface area contributed by atoms with Crippen LogP contribution in [0.15, 0.2) is 18.2 Å². The number of nitrogens with one attached hydrogen (secondary N) is 2. The van der Waals surface area contributed by atoms with Crippen LogP contribution in [0, 0.1) is 5.92 Å². The van der Waals surface area contributed by atoms with Crippen molar-refractivity contribution in [3.8, 4) is 0 Å². The minimum Gasteiger partial charge on any atom is -0.324 e. The van der Waals surface area contributed by atoms with Gasteiger partial charge in [-0.05, 0) is 48.9 Å². The van der Waals surface area contributed by atoms with E-state index in [1.807, 2.05) is 4.90 Å². The number of nitrogens with zero attached hydrogens (tertiary/aromatic N) is 2. The molecule has 2 atom stereocenters. The van der Waals surface area contributed by atoms with Gasteiger partial charge in [-0.1, -0.05) is 6.92 Å². The average Bonchev–Trinajstić information content (AvgIpc) is 2.97. The number of imide groups is 1. The maximum atomic E-state index is 12.7. The number of benzene rings is 1. The third-order valence-corrected chi connectivity index (χ3v) is 5.72. The molecule has 1 aromatic rings. The molecule has 2 unspecified atom stereocenters. The summed E-state index contributed by atoms with van der Waals surface area (Å²) in [4.78, 5) is 52.0. The number of hydrogen-bond donors (Lipinski definition) is 2. The van der Waals surface area contributed by atoms with Gasteiger partial charge in [0.2, 0.25) is 11.8 Å². The van der Waals surface area contributed by atoms with Crippen molar-refractivity contribution < 1.29 is 19.2 Å². The smallest absolute Gasteiger partial charge is 0.321 e. The highest BCUT2D eigenvalue weighted by molar-refractivity contribution is 6.05. The molecule has 3 aliphatic heterocycles. The summed E-state index contributed by atoms with van der Waals surface area (Å²) in [6, 6.07) is 4.45. The fourth-order valence-corrected chi connectivity index (χ4v) is 4.23. The molecule has 3 aliphatic rings. The van der Waals surface area contributed by atoms with Crippen LogP contribution < -0.4 is 10.6 Å². The molecule has 0 spiro atoms. The van der Waals surface area contributed by atoms with Crippen molar-refractivity contribution in [1.29, 1.82) is 0 Å². The highest BCUT2D eigenvalue weighted by Crippen LogP contribution is 2.29. The Hall–Kier alpha value is -2.90. The lowest BCUT2D eigenvalue weighted by atomic mass is 10.0. The Morgan fingerprint density at radius 2 is 2.04 bits per heavy atom. The summed E-state index contributed by atoms with van der Waals surface area (Å²) < 4.78 is 0. The summed E-state index contributed by atoms with van der Waals surface area (Å²) >= 11 is 0. The van der Waals surface area contributed by atoms with Crippen LogP contribution in [0.5, 0.6) is 0 Å². The first kappa shape index (κ1) is 18.5. The molecule has 0 saturated carbocycles. The number of anilines is 1. The van der Waals surface area contributed by atoms with E-state index in [1.54, 1.807) is 18.2 Å². The first-order valence-corrected chi connectivity index (χ1v) is 9.76. The second-order valence-corrected chi connectivity index (χ2v) is 7.90. The zero-order valence-electron chi connectivity index (χ0n) is 15.9. The lowest BCUT2D eigenvalue weighted by molar-refractivity contribution is -0.136. The molecule has 5 amide bonds. The fourth-order valence-electron chi connectivity index (χ4n) is 4.23. The van der Waals surface area contributed by atoms with Crippen molar-refractivity contribution >= 4 is 29.4 Å². The average molecular weight is 384 g/mol. The van der Waals surface area contributed by atoms with E-state index in [2.05, 4.69) is 17.6 Å². The number of amides is 5. The van der Waals surface area contributed by atoms with Crippen LogP contribution in [-0.4, -0.2) is 52.7 Å². The van der Waals surface area contributed by atoms with Crippen molar-refractivity contribution in [3.05, 3.63) is 29.3 Å². The van der Waals surface area contributed by atoms with Crippen LogP contribution in [0.4, 0.5) is 10.5 Å². The molecule has 0 bridgehead atoms. The number of piperidine rings is 2. The van der Waals surface area contributed by atoms with Crippen molar-refractivity contribution in [3.63, 3.8) is 0 Å². The molecule has 4 rings (SSSR count). The first-order valence-electron chi connectivity index (χ1n) is 9.76. The maximum Gasteiger partial charge on any atom is 0.321 e. The van der Waals surface area contributed by atoms with E-state index < -0.39 is 11.9 Å². The summed E-state index contributed by atoms with van der Waals surface area (Å²) in [5.74, 6) is -0.445. The third-order valence-electron chi connectivity index (χ3n) is 5.72. The van der Waals surface area contributed by atoms with Gasteiger partial charge in [-0.2, -0.15) is 0 Å². The summed E-state index contributed by atoms with van der Waals surface area (Å²) in [6.45, 7) is 3.94. The molecule has 2 saturated heterocycles. The molecular formula is C20H24N4O4. The summed E-state index contributed by atoms with van der Waals surface area (Å²) in [6.07, 6.45) is 2.71. The molecule has 2 N–H and O–H groups in total. The van der Waals surface area contributed by atoms with Crippen LogP contribution in [0.2, 0.25) is 0 Å². The Morgan fingerprint density at radius 3 is 2.79 bits per heavy atom. The van der Waals surface area contributed by atoms with Gasteiger partial charge >= 0.3 is 6.03 Å². The Morgan fingerprint density at radius 1 is 1.21 bits per heavy atom. The van der Waals surface area contributed by atoms with Crippen LogP contribution in [-0.2, 0) is 16.1 Å². The number of urea groups is 1. The second-order valence-electron chi connectivity index (χ2n) is 7.90. The first-order chi connectivity index (χ1) is 13.4. The Kier molecular flexibility index (Phi) is 4.78. The number of likely N-dealkylation sites (tertiary alicyclic amines) is 1. The van der Waals surface area contributed by atoms with Crippen molar-refractivity contribution in [2.75, 3.05) is 18.4 Å². The second kappa shape index (κ2) is 7.26. The molecule has 28 heavy (non-hydrogen) atoms. The summed E-state index contributed by atoms with van der Waals surface area (Å²) in [7, 11) is 0. The van der Waals surface area contributed by atoms with E-state index in [9.17, 15) is 19.2 Å². The Balaban J connectivity index is 1.46. The number of hydrogen-bond acceptors (Lipinski definition) is 4. The lowest BCUT2D eigenvalue weighted by Gasteiger charge is -2.31. The maximum absolute atomic E-state index is 12.7.